The van der Waals surface area contributed by atoms with Gasteiger partial charge < -0.3 is 9.94 Å². The predicted octanol–water partition coefficient (Wildman–Crippen LogP) is -0.487. The number of oxime groups is 1. The minimum Gasteiger partial charge on any atom is -0.464 e. The maximum absolute atomic E-state index is 10.2. The summed E-state index contributed by atoms with van der Waals surface area (Å²) in [6.45, 7) is 0. The first-order valence-electron chi connectivity index (χ1n) is 1.96. The van der Waals surface area contributed by atoms with Crippen molar-refractivity contribution in [3.63, 3.8) is 0 Å². The number of rotatable bonds is 1. The van der Waals surface area contributed by atoms with Gasteiger partial charge in [-0.15, -0.1) is 0 Å². The molecule has 0 spiro atoms. The molecule has 0 bridgehead atoms. The molecule has 0 aromatic heterocycles. The molecular weight excluding hydrogens is 124 g/mol. The third-order valence-corrected chi connectivity index (χ3v) is 0.585. The fourth-order valence-electron chi connectivity index (χ4n) is 0.206. The molecular formula is C4H4N2O3. The van der Waals surface area contributed by atoms with E-state index in [1.807, 2.05) is 0 Å². The number of hydrogen-bond donors (Lipinski definition) is 1. The summed E-state index contributed by atoms with van der Waals surface area (Å²) in [5.41, 5.74) is -0.655. The molecule has 0 unspecified atom stereocenters. The zero-order chi connectivity index (χ0) is 7.28. The molecule has 0 aromatic carbocycles. The molecule has 0 saturated carbocycles. The van der Waals surface area contributed by atoms with Crippen LogP contribution in [-0.2, 0) is 9.53 Å². The average Bonchev–Trinajstić information content (AvgIpc) is 1.90. The van der Waals surface area contributed by atoms with Crippen molar-refractivity contribution in [1.82, 2.24) is 0 Å². The molecule has 0 aromatic rings. The molecule has 0 fully saturated rings. The average molecular weight is 128 g/mol. The van der Waals surface area contributed by atoms with Gasteiger partial charge in [0.2, 0.25) is 0 Å². The molecule has 0 atom stereocenters. The van der Waals surface area contributed by atoms with Crippen molar-refractivity contribution in [1.29, 1.82) is 5.26 Å². The largest absolute Gasteiger partial charge is 0.464 e. The zero-order valence-electron chi connectivity index (χ0n) is 4.66. The summed E-state index contributed by atoms with van der Waals surface area (Å²) >= 11 is 0. The van der Waals surface area contributed by atoms with Crippen LogP contribution in [0.3, 0.4) is 0 Å². The van der Waals surface area contributed by atoms with Gasteiger partial charge in [-0.25, -0.2) is 4.79 Å². The predicted molar refractivity (Wildman–Crippen MR) is 26.9 cm³/mol. The first kappa shape index (κ1) is 7.43. The van der Waals surface area contributed by atoms with Crippen molar-refractivity contribution in [3.05, 3.63) is 0 Å². The maximum Gasteiger partial charge on any atom is 0.371 e. The van der Waals surface area contributed by atoms with Gasteiger partial charge in [0.25, 0.3) is 5.71 Å². The molecule has 0 aliphatic rings. The molecule has 0 aliphatic carbocycles. The Labute approximate surface area is 51.1 Å². The second-order valence-corrected chi connectivity index (χ2v) is 1.05. The Morgan fingerprint density at radius 1 is 1.89 bits per heavy atom. The molecule has 0 amide bonds. The van der Waals surface area contributed by atoms with Crippen molar-refractivity contribution >= 4 is 11.7 Å². The highest BCUT2D eigenvalue weighted by atomic mass is 16.5. The molecule has 0 saturated heterocycles. The van der Waals surface area contributed by atoms with Crippen LogP contribution in [0.15, 0.2) is 5.16 Å². The summed E-state index contributed by atoms with van der Waals surface area (Å²) < 4.78 is 4.04. The van der Waals surface area contributed by atoms with Gasteiger partial charge in [0, 0.05) is 0 Å². The van der Waals surface area contributed by atoms with Crippen LogP contribution in [0.25, 0.3) is 0 Å². The molecule has 0 rings (SSSR count). The quantitative estimate of drug-likeness (QED) is 0.223. The van der Waals surface area contributed by atoms with Crippen LogP contribution in [0.4, 0.5) is 0 Å². The molecule has 0 aliphatic heterocycles. The van der Waals surface area contributed by atoms with Crippen LogP contribution in [0.1, 0.15) is 0 Å². The van der Waals surface area contributed by atoms with E-state index in [9.17, 15) is 4.79 Å². The van der Waals surface area contributed by atoms with Crippen LogP contribution < -0.4 is 0 Å². The van der Waals surface area contributed by atoms with Crippen LogP contribution in [-0.4, -0.2) is 24.0 Å². The molecule has 5 heteroatoms. The van der Waals surface area contributed by atoms with Crippen molar-refractivity contribution in [2.24, 2.45) is 5.16 Å². The van der Waals surface area contributed by atoms with Gasteiger partial charge >= 0.3 is 5.97 Å². The van der Waals surface area contributed by atoms with Crippen LogP contribution in [0.2, 0.25) is 0 Å². The van der Waals surface area contributed by atoms with E-state index in [1.165, 1.54) is 6.07 Å². The summed E-state index contributed by atoms with van der Waals surface area (Å²) in [6, 6.07) is 1.33. The Morgan fingerprint density at radius 2 is 2.44 bits per heavy atom. The van der Waals surface area contributed by atoms with Crippen molar-refractivity contribution in [2.75, 3.05) is 7.11 Å². The molecule has 9 heavy (non-hydrogen) atoms. The smallest absolute Gasteiger partial charge is 0.371 e. The lowest BCUT2D eigenvalue weighted by Crippen LogP contribution is -2.13. The molecule has 0 radical (unpaired) electrons. The maximum atomic E-state index is 10.2. The number of hydrogen-bond acceptors (Lipinski definition) is 5. The second-order valence-electron chi connectivity index (χ2n) is 1.05. The third-order valence-electron chi connectivity index (χ3n) is 0.585. The van der Waals surface area contributed by atoms with Crippen LogP contribution in [0, 0.1) is 11.3 Å². The number of esters is 1. The van der Waals surface area contributed by atoms with Gasteiger partial charge in [-0.1, -0.05) is 5.16 Å². The Kier molecular flexibility index (Phi) is 2.84. The highest BCUT2D eigenvalue weighted by molar-refractivity contribution is 6.42. The number of carbonyl (C=O) groups is 1. The molecule has 48 valence electrons. The number of carbonyl (C=O) groups excluding carboxylic acids is 1. The lowest BCUT2D eigenvalue weighted by molar-refractivity contribution is -0.132. The normalized spacial score (nSPS) is 10.0. The minimum atomic E-state index is -0.944. The summed E-state index contributed by atoms with van der Waals surface area (Å²) in [7, 11) is 1.09. The first-order chi connectivity index (χ1) is 4.26. The SMILES string of the molecule is COC(=O)C(C#N)=NO. The van der Waals surface area contributed by atoms with Crippen molar-refractivity contribution in [3.8, 4) is 6.07 Å². The van der Waals surface area contributed by atoms with E-state index in [2.05, 4.69) is 9.89 Å². The minimum absolute atomic E-state index is 0.655. The van der Waals surface area contributed by atoms with Crippen molar-refractivity contribution < 1.29 is 14.7 Å². The van der Waals surface area contributed by atoms with Crippen LogP contribution in [0.5, 0.6) is 0 Å². The Hall–Kier alpha value is -1.57. The Bertz CT molecular complexity index is 179. The van der Waals surface area contributed by atoms with Gasteiger partial charge in [0.1, 0.15) is 6.07 Å². The number of ether oxygens (including phenoxy) is 1. The molecule has 1 N–H and O–H groups in total. The monoisotopic (exact) mass is 128 g/mol. The van der Waals surface area contributed by atoms with Gasteiger partial charge in [0.15, 0.2) is 0 Å². The number of nitrogens with zero attached hydrogens (tertiary/aromatic N) is 2. The first-order valence-corrected chi connectivity index (χ1v) is 1.96. The molecule has 0 heterocycles. The molecule has 5 nitrogen and oxygen atoms in total. The number of nitriles is 1. The summed E-state index contributed by atoms with van der Waals surface area (Å²) in [6.07, 6.45) is 0. The van der Waals surface area contributed by atoms with E-state index in [0.717, 1.165) is 7.11 Å². The zero-order valence-corrected chi connectivity index (χ0v) is 4.66. The Morgan fingerprint density at radius 3 is 2.56 bits per heavy atom. The van der Waals surface area contributed by atoms with E-state index in [-0.39, 0.29) is 0 Å². The fraction of sp³-hybridized carbons (Fsp3) is 0.250. The Balaban J connectivity index is 4.19. The van der Waals surface area contributed by atoms with Crippen LogP contribution >= 0.6 is 0 Å². The third kappa shape index (κ3) is 1.78. The van der Waals surface area contributed by atoms with E-state index in [1.54, 1.807) is 0 Å². The van der Waals surface area contributed by atoms with Crippen molar-refractivity contribution in [2.45, 2.75) is 0 Å². The standard InChI is InChI=1S/C4H4N2O3/c1-9-4(7)3(2-5)6-8/h8H,1H3. The highest BCUT2D eigenvalue weighted by Crippen LogP contribution is 1.78. The van der Waals surface area contributed by atoms with E-state index >= 15 is 0 Å². The van der Waals surface area contributed by atoms with Gasteiger partial charge in [0.05, 0.1) is 7.11 Å². The number of methoxy groups -OCH3 is 1. The summed E-state index contributed by atoms with van der Waals surface area (Å²) in [5, 5.41) is 18.2. The lowest BCUT2D eigenvalue weighted by Gasteiger charge is -1.89. The highest BCUT2D eigenvalue weighted by Gasteiger charge is 2.09. The summed E-state index contributed by atoms with van der Waals surface area (Å²) in [5.74, 6) is -0.944. The van der Waals surface area contributed by atoms with Gasteiger partial charge in [-0.2, -0.15) is 5.26 Å². The van der Waals surface area contributed by atoms with Gasteiger partial charge in [-0.3, -0.25) is 0 Å². The summed E-state index contributed by atoms with van der Waals surface area (Å²) in [4.78, 5) is 10.2. The van der Waals surface area contributed by atoms with E-state index in [0.29, 0.717) is 0 Å². The second kappa shape index (κ2) is 3.43. The van der Waals surface area contributed by atoms with Gasteiger partial charge in [-0.05, 0) is 0 Å². The van der Waals surface area contributed by atoms with E-state index in [4.69, 9.17) is 10.5 Å². The lowest BCUT2D eigenvalue weighted by atomic mass is 10.4. The topological polar surface area (TPSA) is 82.7 Å². The fourth-order valence-corrected chi connectivity index (χ4v) is 0.206. The van der Waals surface area contributed by atoms with E-state index < -0.39 is 11.7 Å².